The van der Waals surface area contributed by atoms with Crippen molar-refractivity contribution in [3.8, 4) is 68.6 Å². The minimum atomic E-state index is 0.542. The summed E-state index contributed by atoms with van der Waals surface area (Å²) in [5, 5.41) is 4.39. The molecule has 12 rings (SSSR count). The van der Waals surface area contributed by atoms with Gasteiger partial charge in [0.2, 0.25) is 5.95 Å². The number of benzene rings is 8. The van der Waals surface area contributed by atoms with Gasteiger partial charge in [-0.2, -0.15) is 9.97 Å². The zero-order valence-electron chi connectivity index (χ0n) is 33.2. The first-order chi connectivity index (χ1) is 30.8. The summed E-state index contributed by atoms with van der Waals surface area (Å²) >= 11 is 0. The van der Waals surface area contributed by atoms with Crippen LogP contribution in [0.3, 0.4) is 0 Å². The van der Waals surface area contributed by atoms with E-state index in [1.54, 1.807) is 0 Å². The molecule has 0 aliphatic carbocycles. The third kappa shape index (κ3) is 5.84. The van der Waals surface area contributed by atoms with Crippen molar-refractivity contribution in [1.82, 2.24) is 39.0 Å². The molecule has 0 unspecified atom stereocenters. The minimum absolute atomic E-state index is 0.542. The molecule has 62 heavy (non-hydrogen) atoms. The molecule has 8 heteroatoms. The molecular formula is C54H34N8. The van der Waals surface area contributed by atoms with Crippen LogP contribution in [-0.2, 0) is 0 Å². The van der Waals surface area contributed by atoms with Gasteiger partial charge in [-0.15, -0.1) is 0 Å². The Labute approximate surface area is 356 Å². The van der Waals surface area contributed by atoms with E-state index in [9.17, 15) is 0 Å². The first kappa shape index (κ1) is 35.3. The second-order valence-electron chi connectivity index (χ2n) is 15.1. The highest BCUT2D eigenvalue weighted by atomic mass is 15.2. The predicted molar refractivity (Wildman–Crippen MR) is 249 cm³/mol. The second-order valence-corrected chi connectivity index (χ2v) is 15.1. The largest absolute Gasteiger partial charge is 0.308 e. The quantitative estimate of drug-likeness (QED) is 0.160. The lowest BCUT2D eigenvalue weighted by Gasteiger charge is -2.14. The molecule has 290 valence electrons. The average molecular weight is 795 g/mol. The molecule has 0 atom stereocenters. The van der Waals surface area contributed by atoms with Gasteiger partial charge in [-0.25, -0.2) is 19.9 Å². The van der Waals surface area contributed by atoms with Crippen LogP contribution in [0.2, 0.25) is 0 Å². The maximum Gasteiger partial charge on any atom is 0.238 e. The summed E-state index contributed by atoms with van der Waals surface area (Å²) in [7, 11) is 0. The topological polar surface area (TPSA) is 87.2 Å². The fourth-order valence-corrected chi connectivity index (χ4v) is 8.66. The highest BCUT2D eigenvalue weighted by Crippen LogP contribution is 2.43. The summed E-state index contributed by atoms with van der Waals surface area (Å²) in [5.74, 6) is 3.55. The van der Waals surface area contributed by atoms with E-state index in [0.717, 1.165) is 77.1 Å². The van der Waals surface area contributed by atoms with E-state index in [-0.39, 0.29) is 0 Å². The van der Waals surface area contributed by atoms with E-state index in [4.69, 9.17) is 29.9 Å². The highest BCUT2D eigenvalue weighted by molar-refractivity contribution is 6.26. The zero-order chi connectivity index (χ0) is 41.0. The number of rotatable bonds is 7. The number of hydrogen-bond acceptors (Lipinski definition) is 6. The van der Waals surface area contributed by atoms with Crippen LogP contribution in [0.25, 0.3) is 112 Å². The summed E-state index contributed by atoms with van der Waals surface area (Å²) < 4.78 is 4.56. The number of para-hydroxylation sites is 3. The Hall–Kier alpha value is -8.62. The van der Waals surface area contributed by atoms with Crippen LogP contribution in [-0.4, -0.2) is 39.0 Å². The molecule has 8 aromatic carbocycles. The van der Waals surface area contributed by atoms with Gasteiger partial charge >= 0.3 is 0 Å². The Kier molecular flexibility index (Phi) is 8.31. The molecule has 4 heterocycles. The van der Waals surface area contributed by atoms with Gasteiger partial charge in [0.25, 0.3) is 0 Å². The fraction of sp³-hybridized carbons (Fsp3) is 0. The van der Waals surface area contributed by atoms with Gasteiger partial charge in [0.1, 0.15) is 0 Å². The summed E-state index contributed by atoms with van der Waals surface area (Å²) in [5.41, 5.74) is 9.58. The molecule has 0 amide bonds. The molecule has 0 spiro atoms. The highest BCUT2D eigenvalue weighted by Gasteiger charge is 2.25. The van der Waals surface area contributed by atoms with Crippen LogP contribution in [0.4, 0.5) is 0 Å². The lowest BCUT2D eigenvalue weighted by molar-refractivity contribution is 0.955. The number of fused-ring (bicyclic) bond motifs is 7. The summed E-state index contributed by atoms with van der Waals surface area (Å²) in [6.45, 7) is 0. The molecule has 0 N–H and O–H groups in total. The van der Waals surface area contributed by atoms with Crippen molar-refractivity contribution in [2.24, 2.45) is 0 Å². The molecule has 0 aliphatic heterocycles. The van der Waals surface area contributed by atoms with Crippen LogP contribution in [0.15, 0.2) is 206 Å². The Bertz CT molecular complexity index is 3500. The Morgan fingerprint density at radius 1 is 0.274 bits per heavy atom. The summed E-state index contributed by atoms with van der Waals surface area (Å²) in [6.07, 6.45) is 0. The molecule has 0 aliphatic rings. The van der Waals surface area contributed by atoms with Crippen LogP contribution < -0.4 is 0 Å². The summed E-state index contributed by atoms with van der Waals surface area (Å²) in [6, 6.07) is 70.4. The van der Waals surface area contributed by atoms with Gasteiger partial charge < -0.3 is 4.57 Å². The molecule has 12 aromatic rings. The minimum Gasteiger partial charge on any atom is -0.308 e. The van der Waals surface area contributed by atoms with E-state index >= 15 is 0 Å². The van der Waals surface area contributed by atoms with Crippen molar-refractivity contribution in [2.45, 2.75) is 0 Å². The number of nitrogens with zero attached hydrogens (tertiary/aromatic N) is 8. The Morgan fingerprint density at radius 2 is 0.694 bits per heavy atom. The monoisotopic (exact) mass is 794 g/mol. The van der Waals surface area contributed by atoms with Crippen LogP contribution in [0, 0.1) is 0 Å². The Balaban J connectivity index is 1.15. The van der Waals surface area contributed by atoms with Gasteiger partial charge in [-0.05, 0) is 30.3 Å². The maximum atomic E-state index is 5.26. The predicted octanol–water partition coefficient (Wildman–Crippen LogP) is 12.6. The van der Waals surface area contributed by atoms with Crippen molar-refractivity contribution >= 4 is 43.6 Å². The first-order valence-electron chi connectivity index (χ1n) is 20.6. The zero-order valence-corrected chi connectivity index (χ0v) is 33.2. The molecule has 8 nitrogen and oxygen atoms in total. The van der Waals surface area contributed by atoms with Gasteiger partial charge in [0, 0.05) is 49.4 Å². The standard InChI is InChI=1S/C54H34N8/c1-5-19-35(20-6-1)49-55-50(36-21-7-2-8-22-36)58-53(57-49)42-29-15-18-32-45(42)61-44-31-17-14-28-41(44)47-46(61)34-33-40-39-27-13-16-30-43(39)62(48(40)47)54-59-51(37-23-9-3-10-24-37)56-52(60-54)38-25-11-4-12-26-38/h1-34H. The molecule has 0 saturated carbocycles. The first-order valence-corrected chi connectivity index (χ1v) is 20.6. The van der Waals surface area contributed by atoms with Gasteiger partial charge in [-0.3, -0.25) is 4.57 Å². The molecule has 0 radical (unpaired) electrons. The van der Waals surface area contributed by atoms with Gasteiger partial charge in [-0.1, -0.05) is 176 Å². The van der Waals surface area contributed by atoms with E-state index in [1.807, 2.05) is 127 Å². The average Bonchev–Trinajstić information content (AvgIpc) is 3.88. The maximum absolute atomic E-state index is 5.26. The molecule has 4 aromatic heterocycles. The third-order valence-electron chi connectivity index (χ3n) is 11.4. The van der Waals surface area contributed by atoms with Crippen LogP contribution in [0.5, 0.6) is 0 Å². The normalized spacial score (nSPS) is 11.5. The number of hydrogen-bond donors (Lipinski definition) is 0. The molecular weight excluding hydrogens is 761 g/mol. The van der Waals surface area contributed by atoms with Crippen LogP contribution in [0.1, 0.15) is 0 Å². The van der Waals surface area contributed by atoms with Gasteiger partial charge in [0.05, 0.1) is 27.8 Å². The van der Waals surface area contributed by atoms with Crippen molar-refractivity contribution in [3.63, 3.8) is 0 Å². The van der Waals surface area contributed by atoms with Crippen LogP contribution >= 0.6 is 0 Å². The SMILES string of the molecule is c1ccc(-c2nc(-c3ccccc3)nc(-c3ccccc3-n3c4ccccc4c4c3ccc3c5ccccc5n(-c5nc(-c6ccccc6)nc(-c6ccccc6)n5)c34)n2)cc1. The lowest BCUT2D eigenvalue weighted by Crippen LogP contribution is -2.06. The smallest absolute Gasteiger partial charge is 0.238 e. The van der Waals surface area contributed by atoms with E-state index in [2.05, 4.69) is 88.0 Å². The van der Waals surface area contributed by atoms with Crippen molar-refractivity contribution in [2.75, 3.05) is 0 Å². The van der Waals surface area contributed by atoms with Crippen molar-refractivity contribution in [3.05, 3.63) is 206 Å². The summed E-state index contributed by atoms with van der Waals surface area (Å²) in [4.78, 5) is 30.9. The second kappa shape index (κ2) is 14.6. The van der Waals surface area contributed by atoms with E-state index in [0.29, 0.717) is 35.1 Å². The third-order valence-corrected chi connectivity index (χ3v) is 11.4. The lowest BCUT2D eigenvalue weighted by atomic mass is 10.1. The van der Waals surface area contributed by atoms with E-state index in [1.165, 1.54) is 0 Å². The Morgan fingerprint density at radius 3 is 1.24 bits per heavy atom. The van der Waals surface area contributed by atoms with Crippen molar-refractivity contribution < 1.29 is 0 Å². The molecule has 0 saturated heterocycles. The van der Waals surface area contributed by atoms with E-state index < -0.39 is 0 Å². The molecule has 0 bridgehead atoms. The number of aromatic nitrogens is 8. The van der Waals surface area contributed by atoms with Gasteiger partial charge in [0.15, 0.2) is 29.1 Å². The molecule has 0 fully saturated rings. The van der Waals surface area contributed by atoms with Crippen molar-refractivity contribution in [1.29, 1.82) is 0 Å². The fourth-order valence-electron chi connectivity index (χ4n) is 8.66.